The molecule has 0 aromatic rings. The maximum atomic E-state index is 13.1. The van der Waals surface area contributed by atoms with E-state index in [1.807, 2.05) is 6.92 Å². The topological polar surface area (TPSA) is 128 Å². The van der Waals surface area contributed by atoms with Crippen LogP contribution in [0.25, 0.3) is 0 Å². The van der Waals surface area contributed by atoms with Gasteiger partial charge in [0.25, 0.3) is 0 Å². The molecule has 0 aromatic carbocycles. The summed E-state index contributed by atoms with van der Waals surface area (Å²) in [7, 11) is 0. The quantitative estimate of drug-likeness (QED) is 0.316. The van der Waals surface area contributed by atoms with Gasteiger partial charge in [0.05, 0.1) is 12.0 Å². The second kappa shape index (κ2) is 9.51. The monoisotopic (exact) mass is 468 g/mol. The van der Waals surface area contributed by atoms with Crippen molar-refractivity contribution in [2.75, 3.05) is 6.54 Å². The van der Waals surface area contributed by atoms with Gasteiger partial charge in [0.15, 0.2) is 0 Å². The molecule has 3 aliphatic rings. The average Bonchev–Trinajstić information content (AvgIpc) is 3.21. The minimum absolute atomic E-state index is 0.0707. The molecule has 0 saturated carbocycles. The molecular formula is C21H28N2O8S. The van der Waals surface area contributed by atoms with Crippen LogP contribution in [0.1, 0.15) is 47.5 Å². The van der Waals surface area contributed by atoms with Gasteiger partial charge in [-0.25, -0.2) is 4.79 Å². The van der Waals surface area contributed by atoms with Crippen LogP contribution in [0, 0.1) is 11.8 Å². The molecule has 2 fully saturated rings. The number of hydrogen-bond donors (Lipinski definition) is 1. The second-order valence-electron chi connectivity index (χ2n) is 8.11. The van der Waals surface area contributed by atoms with Gasteiger partial charge in [-0.3, -0.25) is 19.2 Å². The van der Waals surface area contributed by atoms with Crippen molar-refractivity contribution in [2.45, 2.75) is 71.1 Å². The van der Waals surface area contributed by atoms with Crippen molar-refractivity contribution in [3.63, 3.8) is 0 Å². The number of amides is 2. The summed E-state index contributed by atoms with van der Waals surface area (Å²) >= 11 is 1.37. The van der Waals surface area contributed by atoms with Crippen molar-refractivity contribution < 1.29 is 38.2 Å². The van der Waals surface area contributed by atoms with Crippen LogP contribution in [0.4, 0.5) is 0 Å². The molecule has 6 atom stereocenters. The highest BCUT2D eigenvalue weighted by Gasteiger charge is 2.61. The van der Waals surface area contributed by atoms with Crippen molar-refractivity contribution in [1.29, 1.82) is 0 Å². The van der Waals surface area contributed by atoms with Crippen molar-refractivity contribution in [3.05, 3.63) is 10.6 Å². The third-order valence-electron chi connectivity index (χ3n) is 5.73. The highest BCUT2D eigenvalue weighted by atomic mass is 32.2. The van der Waals surface area contributed by atoms with Crippen LogP contribution >= 0.6 is 11.8 Å². The molecule has 11 heteroatoms. The summed E-state index contributed by atoms with van der Waals surface area (Å²) in [5.41, 5.74) is 0.0996. The minimum atomic E-state index is -1.12. The highest BCUT2D eigenvalue weighted by Crippen LogP contribution is 2.52. The zero-order valence-corrected chi connectivity index (χ0v) is 19.5. The smallest absolute Gasteiger partial charge is 0.358 e. The molecule has 0 aromatic heterocycles. The number of nitrogens with one attached hydrogen (secondary N) is 1. The van der Waals surface area contributed by atoms with E-state index in [0.29, 0.717) is 17.9 Å². The third kappa shape index (κ3) is 4.62. The molecule has 2 saturated heterocycles. The van der Waals surface area contributed by atoms with Gasteiger partial charge in [-0.1, -0.05) is 13.8 Å². The molecule has 32 heavy (non-hydrogen) atoms. The summed E-state index contributed by atoms with van der Waals surface area (Å²) in [6.45, 7) is 8.34. The maximum Gasteiger partial charge on any atom is 0.358 e. The standard InChI is InChI=1S/C21H28N2O8S/c1-6-15(26)30-12(5)31-21(28)18-19(32-13-7-14(25)22-8-13)9(2)17-16(20(27)23(17)18)10(3)29-11(4)24/h9-10,12-13,16-17H,6-8H2,1-5H3,(H,22,25)/t9-,10-,12?,13?,16?,17?/m1/s1. The molecule has 0 bridgehead atoms. The fourth-order valence-corrected chi connectivity index (χ4v) is 5.74. The van der Waals surface area contributed by atoms with E-state index in [0.717, 1.165) is 0 Å². The first kappa shape index (κ1) is 24.1. The molecule has 3 rings (SSSR count). The van der Waals surface area contributed by atoms with E-state index in [2.05, 4.69) is 5.32 Å². The van der Waals surface area contributed by atoms with E-state index in [9.17, 15) is 24.0 Å². The lowest BCUT2D eigenvalue weighted by atomic mass is 9.79. The summed E-state index contributed by atoms with van der Waals surface area (Å²) in [5.74, 6) is -3.00. The average molecular weight is 469 g/mol. The Hall–Kier alpha value is -2.56. The predicted molar refractivity (Wildman–Crippen MR) is 112 cm³/mol. The molecule has 1 N–H and O–H groups in total. The molecule has 10 nitrogen and oxygen atoms in total. The molecule has 176 valence electrons. The van der Waals surface area contributed by atoms with E-state index >= 15 is 0 Å². The van der Waals surface area contributed by atoms with Gasteiger partial charge in [0.1, 0.15) is 11.8 Å². The van der Waals surface area contributed by atoms with Crippen LogP contribution < -0.4 is 5.32 Å². The minimum Gasteiger partial charge on any atom is -0.462 e. The Kier molecular flexibility index (Phi) is 7.16. The van der Waals surface area contributed by atoms with E-state index in [1.165, 1.54) is 30.5 Å². The summed E-state index contributed by atoms with van der Waals surface area (Å²) in [6.07, 6.45) is -1.33. The zero-order valence-electron chi connectivity index (χ0n) is 18.7. The number of β-lactam (4-membered cyclic amide) rings is 1. The molecule has 4 unspecified atom stereocenters. The van der Waals surface area contributed by atoms with E-state index in [-0.39, 0.29) is 41.1 Å². The van der Waals surface area contributed by atoms with Crippen molar-refractivity contribution in [3.8, 4) is 0 Å². The first-order chi connectivity index (χ1) is 15.0. The Morgan fingerprint density at radius 1 is 1.19 bits per heavy atom. The van der Waals surface area contributed by atoms with Gasteiger partial charge in [0.2, 0.25) is 18.1 Å². The number of nitrogens with zero attached hydrogens (tertiary/aromatic N) is 1. The van der Waals surface area contributed by atoms with E-state index < -0.39 is 36.2 Å². The Balaban J connectivity index is 1.85. The molecule has 0 spiro atoms. The number of rotatable bonds is 8. The SMILES string of the molecule is CCC(=O)OC(C)OC(=O)C1=C(SC2CNC(=O)C2)[C@H](C)C2C([C@@H](C)OC(C)=O)C(=O)N12. The Bertz CT molecular complexity index is 872. The molecule has 3 heterocycles. The van der Waals surface area contributed by atoms with Crippen LogP contribution in [0.15, 0.2) is 10.6 Å². The number of fused-ring (bicyclic) bond motifs is 1. The third-order valence-corrected chi connectivity index (χ3v) is 7.22. The van der Waals surface area contributed by atoms with E-state index in [4.69, 9.17) is 14.2 Å². The maximum absolute atomic E-state index is 13.1. The van der Waals surface area contributed by atoms with Crippen LogP contribution in [-0.2, 0) is 38.2 Å². The lowest BCUT2D eigenvalue weighted by Gasteiger charge is -2.47. The van der Waals surface area contributed by atoms with E-state index in [1.54, 1.807) is 13.8 Å². The second-order valence-corrected chi connectivity index (χ2v) is 9.45. The summed E-state index contributed by atoms with van der Waals surface area (Å²) in [4.78, 5) is 62.6. The lowest BCUT2D eigenvalue weighted by Crippen LogP contribution is -2.64. The van der Waals surface area contributed by atoms with Gasteiger partial charge in [-0.05, 0) is 6.92 Å². The lowest BCUT2D eigenvalue weighted by molar-refractivity contribution is -0.186. The fourth-order valence-electron chi connectivity index (χ4n) is 4.33. The number of ether oxygens (including phenoxy) is 3. The Morgan fingerprint density at radius 2 is 1.88 bits per heavy atom. The van der Waals surface area contributed by atoms with Gasteiger partial charge in [-0.2, -0.15) is 0 Å². The number of esters is 3. The van der Waals surface area contributed by atoms with Crippen LogP contribution in [-0.4, -0.2) is 64.9 Å². The van der Waals surface area contributed by atoms with Gasteiger partial charge in [-0.15, -0.1) is 11.8 Å². The number of carbonyl (C=O) groups is 5. The number of thioether (sulfide) groups is 1. The molecular weight excluding hydrogens is 440 g/mol. The first-order valence-corrected chi connectivity index (χ1v) is 11.5. The van der Waals surface area contributed by atoms with Crippen LogP contribution in [0.2, 0.25) is 0 Å². The highest BCUT2D eigenvalue weighted by molar-refractivity contribution is 8.03. The molecule has 0 aliphatic carbocycles. The van der Waals surface area contributed by atoms with Crippen molar-refractivity contribution in [1.82, 2.24) is 10.2 Å². The number of hydrogen-bond acceptors (Lipinski definition) is 9. The Morgan fingerprint density at radius 3 is 2.44 bits per heavy atom. The van der Waals surface area contributed by atoms with Crippen molar-refractivity contribution in [2.24, 2.45) is 11.8 Å². The predicted octanol–water partition coefficient (Wildman–Crippen LogP) is 1.09. The summed E-state index contributed by atoms with van der Waals surface area (Å²) in [6, 6.07) is -0.375. The number of carbonyl (C=O) groups excluding carboxylic acids is 5. The zero-order chi connectivity index (χ0) is 23.7. The Labute approximate surface area is 190 Å². The largest absolute Gasteiger partial charge is 0.462 e. The van der Waals surface area contributed by atoms with Gasteiger partial charge < -0.3 is 24.4 Å². The summed E-state index contributed by atoms with van der Waals surface area (Å²) in [5, 5.41) is 2.68. The van der Waals surface area contributed by atoms with Gasteiger partial charge >= 0.3 is 17.9 Å². The molecule has 3 aliphatic heterocycles. The molecule has 2 amide bonds. The molecule has 0 radical (unpaired) electrons. The normalized spacial score (nSPS) is 28.5. The summed E-state index contributed by atoms with van der Waals surface area (Å²) < 4.78 is 15.6. The fraction of sp³-hybridized carbons (Fsp3) is 0.667. The van der Waals surface area contributed by atoms with Crippen LogP contribution in [0.3, 0.4) is 0 Å². The van der Waals surface area contributed by atoms with Crippen molar-refractivity contribution >= 4 is 41.5 Å². The van der Waals surface area contributed by atoms with Crippen LogP contribution in [0.5, 0.6) is 0 Å². The first-order valence-electron chi connectivity index (χ1n) is 10.6. The van der Waals surface area contributed by atoms with Gasteiger partial charge in [0, 0.05) is 49.3 Å².